The number of benzene rings is 1. The Morgan fingerprint density at radius 2 is 1.81 bits per heavy atom. The second kappa shape index (κ2) is 10.3. The summed E-state index contributed by atoms with van der Waals surface area (Å²) < 4.78 is 28.4. The van der Waals surface area contributed by atoms with Gasteiger partial charge in [0.2, 0.25) is 5.52 Å². The number of carbonyl (C=O) groups is 2. The van der Waals surface area contributed by atoms with Crippen molar-refractivity contribution in [3.05, 3.63) is 29.3 Å². The molecule has 14 heteroatoms. The topological polar surface area (TPSA) is 203 Å². The molecule has 0 aliphatic heterocycles. The Morgan fingerprint density at radius 3 is 2.49 bits per heavy atom. The Bertz CT molecular complexity index is 1130. The number of hydrogen-bond acceptors (Lipinski definition) is 6. The van der Waals surface area contributed by atoms with E-state index in [1.807, 2.05) is 12.1 Å². The van der Waals surface area contributed by atoms with Gasteiger partial charge in [0.15, 0.2) is 0 Å². The van der Waals surface area contributed by atoms with E-state index in [-0.39, 0.29) is 24.5 Å². The van der Waals surface area contributed by atoms with Gasteiger partial charge in [-0.1, -0.05) is 13.0 Å². The smallest absolute Gasteiger partial charge is 0.360 e. The molecule has 0 bridgehead atoms. The zero-order chi connectivity index (χ0) is 27.2. The highest BCUT2D eigenvalue weighted by atomic mass is 31.2. The highest BCUT2D eigenvalue weighted by molar-refractivity contribution is 7.70. The third-order valence-electron chi connectivity index (χ3n) is 8.41. The molecule has 206 valence electrons. The Balaban J connectivity index is 1.30. The summed E-state index contributed by atoms with van der Waals surface area (Å²) in [5, 5.41) is 13.6. The maximum atomic E-state index is 12.5. The molecule has 37 heavy (non-hydrogen) atoms. The third kappa shape index (κ3) is 5.90. The number of aromatic hydroxyl groups is 1. The van der Waals surface area contributed by atoms with E-state index in [4.69, 9.17) is 24.3 Å². The average Bonchev–Trinajstić information content (AvgIpc) is 3.11. The van der Waals surface area contributed by atoms with Crippen molar-refractivity contribution in [3.63, 3.8) is 0 Å². The molecule has 0 heterocycles. The zero-order valence-electron chi connectivity index (χ0n) is 20.4. The summed E-state index contributed by atoms with van der Waals surface area (Å²) in [5.41, 5.74) is -0.290. The summed E-state index contributed by atoms with van der Waals surface area (Å²) in [4.78, 5) is 60.7. The lowest BCUT2D eigenvalue weighted by Gasteiger charge is -2.50. The van der Waals surface area contributed by atoms with Crippen molar-refractivity contribution in [2.45, 2.75) is 69.4 Å². The van der Waals surface area contributed by atoms with Crippen molar-refractivity contribution < 1.29 is 48.1 Å². The van der Waals surface area contributed by atoms with E-state index in [1.54, 1.807) is 11.4 Å². The highest BCUT2D eigenvalue weighted by Gasteiger charge is 2.56. The summed E-state index contributed by atoms with van der Waals surface area (Å²) in [7, 11) is -10.6. The van der Waals surface area contributed by atoms with Gasteiger partial charge in [0, 0.05) is 12.0 Å². The fourth-order valence-electron chi connectivity index (χ4n) is 6.74. The molecule has 0 radical (unpaired) electrons. The van der Waals surface area contributed by atoms with Gasteiger partial charge in [-0.05, 0) is 79.5 Å². The van der Waals surface area contributed by atoms with E-state index in [0.717, 1.165) is 38.5 Å². The van der Waals surface area contributed by atoms with E-state index >= 15 is 0 Å². The first-order valence-electron chi connectivity index (χ1n) is 12.4. The van der Waals surface area contributed by atoms with E-state index in [9.17, 15) is 23.8 Å². The number of carbonyl (C=O) groups excluding carboxylic acids is 2. The molecule has 4 rings (SSSR count). The van der Waals surface area contributed by atoms with Crippen molar-refractivity contribution >= 4 is 27.2 Å². The number of esters is 1. The maximum Gasteiger partial charge on any atom is 0.360 e. The van der Waals surface area contributed by atoms with Crippen LogP contribution in [0.4, 0.5) is 4.79 Å². The van der Waals surface area contributed by atoms with Crippen LogP contribution >= 0.6 is 15.2 Å². The molecular weight excluding hydrogens is 526 g/mol. The van der Waals surface area contributed by atoms with E-state index in [0.29, 0.717) is 23.5 Å². The molecule has 2 saturated carbocycles. The van der Waals surface area contributed by atoms with E-state index in [2.05, 4.69) is 12.2 Å². The molecule has 0 aromatic heterocycles. The first-order chi connectivity index (χ1) is 17.2. The molecule has 12 nitrogen and oxygen atoms in total. The number of hydrogen-bond donors (Lipinski definition) is 7. The largest absolute Gasteiger partial charge is 0.508 e. The second-order valence-electron chi connectivity index (χ2n) is 10.6. The van der Waals surface area contributed by atoms with Gasteiger partial charge in [0.1, 0.15) is 11.9 Å². The summed E-state index contributed by atoms with van der Waals surface area (Å²) in [6.45, 7) is 1.95. The third-order valence-corrected chi connectivity index (χ3v) is 11.7. The SMILES string of the molecule is C[C@]12CC[C@@H]3c4ccc(O)cc4CC[C@H]3[C@@H]1CC[C@@H]2OC(=O)CCNC(=O)NC(P(=O)(O)O)P(=O)(O)O. The fraction of sp³-hybridized carbons (Fsp3) is 0.652. The highest BCUT2D eigenvalue weighted by Crippen LogP contribution is 2.62. The summed E-state index contributed by atoms with van der Waals surface area (Å²) in [6, 6.07) is 4.44. The number of urea groups is 1. The van der Waals surface area contributed by atoms with E-state index in [1.165, 1.54) is 11.1 Å². The van der Waals surface area contributed by atoms with Gasteiger partial charge >= 0.3 is 27.2 Å². The second-order valence-corrected chi connectivity index (χ2v) is 14.4. The van der Waals surface area contributed by atoms with Crippen LogP contribution in [0.25, 0.3) is 0 Å². The normalized spacial score (nSPS) is 29.1. The van der Waals surface area contributed by atoms with Crippen LogP contribution in [0.2, 0.25) is 0 Å². The van der Waals surface area contributed by atoms with Crippen LogP contribution in [0.15, 0.2) is 18.2 Å². The standard InChI is InChI=1S/C23H34N2O10P2/c1-23-10-8-16-15-5-3-14(26)12-13(15)2-4-17(16)18(23)6-7-19(23)35-20(27)9-11-24-21(28)25-22(36(29,30)31)37(32,33)34/h3,5,12,16-19,22,26H,2,4,6-11H2,1H3,(H2,24,25,28)(H2,29,30,31)(H2,32,33,34)/t16-,17-,18+,19+,23+/m1/s1. The molecule has 0 spiro atoms. The summed E-state index contributed by atoms with van der Waals surface area (Å²) in [6.07, 6.45) is 5.08. The molecule has 2 amide bonds. The van der Waals surface area contributed by atoms with Crippen molar-refractivity contribution in [1.29, 1.82) is 0 Å². The predicted octanol–water partition coefficient (Wildman–Crippen LogP) is 2.49. The lowest BCUT2D eigenvalue weighted by Crippen LogP contribution is -2.45. The number of nitrogens with one attached hydrogen (secondary N) is 2. The van der Waals surface area contributed by atoms with Crippen LogP contribution in [0.3, 0.4) is 0 Å². The Morgan fingerprint density at radius 1 is 1.11 bits per heavy atom. The van der Waals surface area contributed by atoms with Gasteiger partial charge in [-0.15, -0.1) is 0 Å². The lowest BCUT2D eigenvalue weighted by atomic mass is 9.55. The molecule has 1 aromatic rings. The van der Waals surface area contributed by atoms with Crippen LogP contribution in [0.5, 0.6) is 5.75 Å². The van der Waals surface area contributed by atoms with Crippen molar-refractivity contribution in [1.82, 2.24) is 10.6 Å². The van der Waals surface area contributed by atoms with Crippen LogP contribution in [-0.4, -0.2) is 54.9 Å². The number of amides is 2. The minimum absolute atomic E-state index is 0.157. The van der Waals surface area contributed by atoms with Gasteiger partial charge < -0.3 is 40.1 Å². The maximum absolute atomic E-state index is 12.5. The predicted molar refractivity (Wildman–Crippen MR) is 132 cm³/mol. The molecule has 3 aliphatic carbocycles. The molecular formula is C23H34N2O10P2. The Kier molecular flexibility index (Phi) is 7.83. The Hall–Kier alpha value is -1.94. The van der Waals surface area contributed by atoms with Gasteiger partial charge in [-0.3, -0.25) is 13.9 Å². The minimum Gasteiger partial charge on any atom is -0.508 e. The minimum atomic E-state index is -5.31. The van der Waals surface area contributed by atoms with Crippen LogP contribution in [0.1, 0.15) is 62.5 Å². The first kappa shape index (κ1) is 28.1. The molecule has 2 fully saturated rings. The molecule has 7 N–H and O–H groups in total. The first-order valence-corrected chi connectivity index (χ1v) is 15.7. The fourth-order valence-corrected chi connectivity index (χ4v) is 8.88. The van der Waals surface area contributed by atoms with Crippen LogP contribution < -0.4 is 10.6 Å². The summed E-state index contributed by atoms with van der Waals surface area (Å²) >= 11 is 0. The van der Waals surface area contributed by atoms with Gasteiger partial charge in [0.05, 0.1) is 6.42 Å². The molecule has 0 saturated heterocycles. The van der Waals surface area contributed by atoms with Gasteiger partial charge in [0.25, 0.3) is 0 Å². The molecule has 0 unspecified atom stereocenters. The Labute approximate surface area is 214 Å². The van der Waals surface area contributed by atoms with E-state index < -0.39 is 32.7 Å². The monoisotopic (exact) mass is 560 g/mol. The summed E-state index contributed by atoms with van der Waals surface area (Å²) in [5.74, 6) is 1.10. The number of aryl methyl sites for hydroxylation is 1. The van der Waals surface area contributed by atoms with Gasteiger partial charge in [-0.2, -0.15) is 0 Å². The molecule has 5 atom stereocenters. The van der Waals surface area contributed by atoms with Crippen LogP contribution in [-0.2, 0) is 25.1 Å². The number of ether oxygens (including phenoxy) is 1. The van der Waals surface area contributed by atoms with Crippen molar-refractivity contribution in [2.24, 2.45) is 17.3 Å². The lowest BCUT2D eigenvalue weighted by molar-refractivity contribution is -0.157. The zero-order valence-corrected chi connectivity index (χ0v) is 22.2. The van der Waals surface area contributed by atoms with Gasteiger partial charge in [-0.25, -0.2) is 4.79 Å². The average molecular weight is 560 g/mol. The van der Waals surface area contributed by atoms with Crippen molar-refractivity contribution in [3.8, 4) is 5.75 Å². The number of phenols is 1. The molecule has 3 aliphatic rings. The number of fused-ring (bicyclic) bond motifs is 5. The van der Waals surface area contributed by atoms with Crippen LogP contribution in [0, 0.1) is 17.3 Å². The quantitative estimate of drug-likeness (QED) is 0.192. The molecule has 1 aromatic carbocycles. The number of phenolic OH excluding ortho intramolecular Hbond substituents is 1. The number of rotatable bonds is 7. The van der Waals surface area contributed by atoms with Crippen molar-refractivity contribution in [2.75, 3.05) is 6.54 Å².